The number of benzene rings is 2. The monoisotopic (exact) mass is 423 g/mol. The van der Waals surface area contributed by atoms with Crippen molar-refractivity contribution in [3.63, 3.8) is 0 Å². The zero-order valence-corrected chi connectivity index (χ0v) is 18.9. The SMILES string of the molecule is CCOc1cc(C2C(C(=O)C(C)C)=C(O)C(=O)N2c2cc(C)ccc2C)ccc1OC. The van der Waals surface area contributed by atoms with E-state index in [1.165, 1.54) is 4.90 Å². The molecule has 3 rings (SSSR count). The smallest absolute Gasteiger partial charge is 0.294 e. The highest BCUT2D eigenvalue weighted by atomic mass is 16.5. The van der Waals surface area contributed by atoms with Crippen LogP contribution in [0, 0.1) is 19.8 Å². The number of amides is 1. The minimum atomic E-state index is -0.770. The van der Waals surface area contributed by atoms with Crippen molar-refractivity contribution in [1.82, 2.24) is 0 Å². The van der Waals surface area contributed by atoms with Gasteiger partial charge in [-0.3, -0.25) is 14.5 Å². The highest BCUT2D eigenvalue weighted by molar-refractivity contribution is 6.17. The van der Waals surface area contributed by atoms with E-state index in [0.717, 1.165) is 11.1 Å². The van der Waals surface area contributed by atoms with Crippen LogP contribution < -0.4 is 14.4 Å². The molecule has 0 spiro atoms. The number of carbonyl (C=O) groups is 2. The van der Waals surface area contributed by atoms with E-state index in [1.807, 2.05) is 39.0 Å². The Hall–Kier alpha value is -3.28. The van der Waals surface area contributed by atoms with Crippen molar-refractivity contribution in [2.75, 3.05) is 18.6 Å². The number of aryl methyl sites for hydroxylation is 2. The second-order valence-electron chi connectivity index (χ2n) is 7.99. The summed E-state index contributed by atoms with van der Waals surface area (Å²) in [7, 11) is 1.55. The van der Waals surface area contributed by atoms with Crippen molar-refractivity contribution in [1.29, 1.82) is 0 Å². The fraction of sp³-hybridized carbons (Fsp3) is 0.360. The van der Waals surface area contributed by atoms with E-state index < -0.39 is 17.7 Å². The highest BCUT2D eigenvalue weighted by Gasteiger charge is 2.45. The maximum absolute atomic E-state index is 13.2. The van der Waals surface area contributed by atoms with Crippen LogP contribution >= 0.6 is 0 Å². The predicted molar refractivity (Wildman–Crippen MR) is 120 cm³/mol. The first-order valence-electron chi connectivity index (χ1n) is 10.4. The Kier molecular flexibility index (Phi) is 6.39. The molecule has 2 aromatic rings. The predicted octanol–water partition coefficient (Wildman–Crippen LogP) is 4.84. The number of methoxy groups -OCH3 is 1. The lowest BCUT2D eigenvalue weighted by Crippen LogP contribution is -2.32. The molecule has 0 saturated carbocycles. The van der Waals surface area contributed by atoms with Gasteiger partial charge in [0.15, 0.2) is 23.0 Å². The molecule has 0 aliphatic carbocycles. The van der Waals surface area contributed by atoms with Crippen LogP contribution in [0.25, 0.3) is 0 Å². The van der Waals surface area contributed by atoms with Crippen LogP contribution in [0.5, 0.6) is 11.5 Å². The van der Waals surface area contributed by atoms with E-state index in [0.29, 0.717) is 29.4 Å². The summed E-state index contributed by atoms with van der Waals surface area (Å²) in [4.78, 5) is 27.8. The van der Waals surface area contributed by atoms with E-state index in [4.69, 9.17) is 9.47 Å². The van der Waals surface area contributed by atoms with Crippen molar-refractivity contribution >= 4 is 17.4 Å². The number of carbonyl (C=O) groups excluding carboxylic acids is 2. The van der Waals surface area contributed by atoms with Crippen LogP contribution in [0.4, 0.5) is 5.69 Å². The first-order chi connectivity index (χ1) is 14.7. The van der Waals surface area contributed by atoms with Gasteiger partial charge in [0.1, 0.15) is 0 Å². The fourth-order valence-electron chi connectivity index (χ4n) is 3.84. The molecular formula is C25H29NO5. The van der Waals surface area contributed by atoms with Gasteiger partial charge < -0.3 is 14.6 Å². The minimum Gasteiger partial charge on any atom is -0.503 e. The molecule has 0 aromatic heterocycles. The van der Waals surface area contributed by atoms with E-state index >= 15 is 0 Å². The average Bonchev–Trinajstić information content (AvgIpc) is 3.00. The summed E-state index contributed by atoms with van der Waals surface area (Å²) >= 11 is 0. The molecule has 1 aliphatic heterocycles. The van der Waals surface area contributed by atoms with Gasteiger partial charge in [-0.1, -0.05) is 32.0 Å². The van der Waals surface area contributed by atoms with Crippen LogP contribution in [0.15, 0.2) is 47.7 Å². The molecule has 0 fully saturated rings. The molecule has 31 heavy (non-hydrogen) atoms. The normalized spacial score (nSPS) is 16.3. The number of aliphatic hydroxyl groups excluding tert-OH is 1. The molecule has 164 valence electrons. The molecule has 1 aliphatic rings. The maximum Gasteiger partial charge on any atom is 0.294 e. The zero-order valence-electron chi connectivity index (χ0n) is 18.9. The van der Waals surface area contributed by atoms with E-state index in [9.17, 15) is 14.7 Å². The van der Waals surface area contributed by atoms with Crippen LogP contribution in [-0.2, 0) is 9.59 Å². The topological polar surface area (TPSA) is 76.1 Å². The molecule has 1 N–H and O–H groups in total. The molecule has 1 heterocycles. The Balaban J connectivity index is 2.26. The van der Waals surface area contributed by atoms with Crippen LogP contribution in [-0.4, -0.2) is 30.5 Å². The first-order valence-corrected chi connectivity index (χ1v) is 10.4. The Morgan fingerprint density at radius 2 is 1.84 bits per heavy atom. The standard InChI is InChI=1S/C25H29NO5/c1-7-31-20-13-17(10-11-19(20)30-6)22-21(23(27)14(2)3)24(28)25(29)26(22)18-12-15(4)8-9-16(18)5/h8-14,22,28H,7H2,1-6H3. The minimum absolute atomic E-state index is 0.105. The second-order valence-corrected chi connectivity index (χ2v) is 7.99. The number of anilines is 1. The number of rotatable bonds is 7. The number of Topliss-reactive ketones (excluding diaryl/α,β-unsaturated/α-hetero) is 1. The molecule has 1 unspecified atom stereocenters. The molecule has 1 atom stereocenters. The lowest BCUT2D eigenvalue weighted by Gasteiger charge is -2.29. The van der Waals surface area contributed by atoms with Gasteiger partial charge in [-0.25, -0.2) is 0 Å². The molecular weight excluding hydrogens is 394 g/mol. The number of hydrogen-bond donors (Lipinski definition) is 1. The Labute approximate surface area is 183 Å². The summed E-state index contributed by atoms with van der Waals surface area (Å²) in [5, 5.41) is 10.8. The molecule has 0 saturated heterocycles. The summed E-state index contributed by atoms with van der Waals surface area (Å²) in [6.45, 7) is 9.65. The number of aliphatic hydroxyl groups is 1. The van der Waals surface area contributed by atoms with Crippen molar-refractivity contribution in [3.05, 3.63) is 64.4 Å². The second kappa shape index (κ2) is 8.84. The lowest BCUT2D eigenvalue weighted by molar-refractivity contribution is -0.119. The molecule has 2 aromatic carbocycles. The quantitative estimate of drug-likeness (QED) is 0.690. The summed E-state index contributed by atoms with van der Waals surface area (Å²) in [5.41, 5.74) is 3.26. The third-order valence-electron chi connectivity index (χ3n) is 5.43. The van der Waals surface area contributed by atoms with E-state index in [2.05, 4.69) is 0 Å². The maximum atomic E-state index is 13.2. The van der Waals surface area contributed by atoms with Gasteiger partial charge in [0, 0.05) is 11.6 Å². The molecule has 0 bridgehead atoms. The van der Waals surface area contributed by atoms with Gasteiger partial charge in [-0.05, 0) is 55.7 Å². The number of ketones is 1. The number of hydrogen-bond acceptors (Lipinski definition) is 5. The van der Waals surface area contributed by atoms with Crippen molar-refractivity contribution in [3.8, 4) is 11.5 Å². The largest absolute Gasteiger partial charge is 0.503 e. The molecule has 1 amide bonds. The van der Waals surface area contributed by atoms with Gasteiger partial charge in [0.25, 0.3) is 5.91 Å². The highest BCUT2D eigenvalue weighted by Crippen LogP contribution is 2.44. The summed E-state index contributed by atoms with van der Waals surface area (Å²) in [5.74, 6) is -0.667. The summed E-state index contributed by atoms with van der Waals surface area (Å²) in [6.07, 6.45) is 0. The summed E-state index contributed by atoms with van der Waals surface area (Å²) in [6, 6.07) is 10.3. The van der Waals surface area contributed by atoms with Gasteiger partial charge in [-0.2, -0.15) is 0 Å². The van der Waals surface area contributed by atoms with Crippen molar-refractivity contribution < 1.29 is 24.2 Å². The van der Waals surface area contributed by atoms with Crippen LogP contribution in [0.1, 0.15) is 43.5 Å². The first kappa shape index (κ1) is 22.4. The van der Waals surface area contributed by atoms with Crippen molar-refractivity contribution in [2.24, 2.45) is 5.92 Å². The van der Waals surface area contributed by atoms with Crippen molar-refractivity contribution in [2.45, 2.75) is 40.7 Å². The molecule has 6 nitrogen and oxygen atoms in total. The van der Waals surface area contributed by atoms with E-state index in [1.54, 1.807) is 39.2 Å². The van der Waals surface area contributed by atoms with E-state index in [-0.39, 0.29) is 17.3 Å². The van der Waals surface area contributed by atoms with Gasteiger partial charge in [0.2, 0.25) is 0 Å². The molecule has 6 heteroatoms. The van der Waals surface area contributed by atoms with Gasteiger partial charge >= 0.3 is 0 Å². The van der Waals surface area contributed by atoms with Crippen LogP contribution in [0.2, 0.25) is 0 Å². The average molecular weight is 424 g/mol. The Morgan fingerprint density at radius 1 is 1.13 bits per heavy atom. The summed E-state index contributed by atoms with van der Waals surface area (Å²) < 4.78 is 11.1. The molecule has 0 radical (unpaired) electrons. The zero-order chi connectivity index (χ0) is 22.9. The van der Waals surface area contributed by atoms with Gasteiger partial charge in [0.05, 0.1) is 25.3 Å². The fourth-order valence-corrected chi connectivity index (χ4v) is 3.84. The number of nitrogens with zero attached hydrogens (tertiary/aromatic N) is 1. The Morgan fingerprint density at radius 3 is 2.45 bits per heavy atom. The van der Waals surface area contributed by atoms with Crippen LogP contribution in [0.3, 0.4) is 0 Å². The van der Waals surface area contributed by atoms with Gasteiger partial charge in [-0.15, -0.1) is 0 Å². The lowest BCUT2D eigenvalue weighted by atomic mass is 9.90. The third-order valence-corrected chi connectivity index (χ3v) is 5.43. The Bertz CT molecular complexity index is 1050. The third kappa shape index (κ3) is 4.02. The number of ether oxygens (including phenoxy) is 2.